The number of alkyl halides is 1. The van der Waals surface area contributed by atoms with Crippen molar-refractivity contribution in [2.75, 3.05) is 13.1 Å². The fraction of sp³-hybridized carbons (Fsp3) is 0.455. The molecular formula is C22H34IN. The van der Waals surface area contributed by atoms with Crippen LogP contribution in [0.3, 0.4) is 0 Å². The number of halogens is 1. The van der Waals surface area contributed by atoms with Crippen molar-refractivity contribution in [3.05, 3.63) is 71.3 Å². The fourth-order valence-corrected chi connectivity index (χ4v) is 2.63. The largest absolute Gasteiger partial charge is 0.294 e. The van der Waals surface area contributed by atoms with Gasteiger partial charge in [0.25, 0.3) is 0 Å². The Labute approximate surface area is 163 Å². The molecule has 0 saturated carbocycles. The van der Waals surface area contributed by atoms with Gasteiger partial charge in [-0.05, 0) is 26.3 Å². The van der Waals surface area contributed by atoms with Gasteiger partial charge >= 0.3 is 0 Å². The quantitative estimate of drug-likeness (QED) is 0.275. The van der Waals surface area contributed by atoms with Crippen molar-refractivity contribution in [3.8, 4) is 0 Å². The molecule has 0 N–H and O–H groups in total. The van der Waals surface area contributed by atoms with Crippen molar-refractivity contribution >= 4 is 22.6 Å². The molecule has 134 valence electrons. The smallest absolute Gasteiger partial charge is 0.0475 e. The van der Waals surface area contributed by atoms with Crippen LogP contribution < -0.4 is 0 Å². The lowest BCUT2D eigenvalue weighted by atomic mass is 10.1. The summed E-state index contributed by atoms with van der Waals surface area (Å²) in [6.07, 6.45) is 10.7. The molecule has 1 nitrogen and oxygen atoms in total. The summed E-state index contributed by atoms with van der Waals surface area (Å²) in [6.45, 7) is 13.1. The standard InChI is InChI=1S/C11H15N.C8H9I.C2H6.CH4/c1-9-3-5-11(6-4-9)10(2)12-7-8-12;1-7-3-2-4-8(9)6-5-7;1-2;/h3-6,10H,7-8H2,1-2H3;2-6,8H,1H3;1-2H3;1H4. The molecule has 2 unspecified atom stereocenters. The van der Waals surface area contributed by atoms with E-state index in [0.717, 1.165) is 0 Å². The summed E-state index contributed by atoms with van der Waals surface area (Å²) in [5.41, 5.74) is 4.11. The highest BCUT2D eigenvalue weighted by molar-refractivity contribution is 14.1. The maximum Gasteiger partial charge on any atom is 0.0475 e. The molecule has 0 aromatic heterocycles. The van der Waals surface area contributed by atoms with Gasteiger partial charge in [-0.3, -0.25) is 4.90 Å². The lowest BCUT2D eigenvalue weighted by Gasteiger charge is -2.12. The van der Waals surface area contributed by atoms with E-state index in [1.165, 1.54) is 29.8 Å². The average molecular weight is 439 g/mol. The van der Waals surface area contributed by atoms with E-state index in [-0.39, 0.29) is 7.43 Å². The summed E-state index contributed by atoms with van der Waals surface area (Å²) in [5, 5.41) is 0. The first-order chi connectivity index (χ1) is 11.1. The summed E-state index contributed by atoms with van der Waals surface area (Å²) in [4.78, 5) is 2.46. The zero-order valence-electron chi connectivity index (χ0n) is 15.1. The first-order valence-corrected chi connectivity index (χ1v) is 9.79. The molecule has 0 radical (unpaired) electrons. The minimum Gasteiger partial charge on any atom is -0.294 e. The van der Waals surface area contributed by atoms with Gasteiger partial charge in [0.15, 0.2) is 0 Å². The first kappa shape index (κ1) is 23.1. The molecule has 24 heavy (non-hydrogen) atoms. The molecule has 1 aromatic carbocycles. The van der Waals surface area contributed by atoms with Crippen LogP contribution in [0.5, 0.6) is 0 Å². The maximum absolute atomic E-state index is 2.46. The minimum atomic E-state index is 0. The van der Waals surface area contributed by atoms with Gasteiger partial charge in [0.2, 0.25) is 0 Å². The highest BCUT2D eigenvalue weighted by atomic mass is 127. The number of hydrogen-bond donors (Lipinski definition) is 0. The van der Waals surface area contributed by atoms with Crippen LogP contribution in [-0.4, -0.2) is 21.9 Å². The minimum absolute atomic E-state index is 0. The van der Waals surface area contributed by atoms with E-state index in [0.29, 0.717) is 9.97 Å². The third-order valence-electron chi connectivity index (χ3n) is 3.79. The third-order valence-corrected chi connectivity index (χ3v) is 4.62. The molecule has 0 bridgehead atoms. The topological polar surface area (TPSA) is 3.01 Å². The molecule has 3 rings (SSSR count). The van der Waals surface area contributed by atoms with Crippen molar-refractivity contribution in [2.45, 2.75) is 52.0 Å². The molecule has 0 amide bonds. The Balaban J connectivity index is 0.000000398. The molecule has 2 heteroatoms. The normalized spacial score (nSPS) is 19.4. The second kappa shape index (κ2) is 12.5. The summed E-state index contributed by atoms with van der Waals surface area (Å²) in [7, 11) is 0. The van der Waals surface area contributed by atoms with Gasteiger partial charge in [-0.25, -0.2) is 0 Å². The highest BCUT2D eigenvalue weighted by Gasteiger charge is 2.24. The van der Waals surface area contributed by atoms with E-state index in [1.807, 2.05) is 13.8 Å². The van der Waals surface area contributed by atoms with Gasteiger partial charge < -0.3 is 0 Å². The fourth-order valence-electron chi connectivity index (χ4n) is 2.18. The molecule has 1 aliphatic heterocycles. The average Bonchev–Trinajstić information content (AvgIpc) is 3.40. The molecule has 2 atom stereocenters. The summed E-state index contributed by atoms with van der Waals surface area (Å²) in [5.74, 6) is 0. The van der Waals surface area contributed by atoms with Gasteiger partial charge in [-0.2, -0.15) is 0 Å². The van der Waals surface area contributed by atoms with E-state index in [2.05, 4.69) is 103 Å². The van der Waals surface area contributed by atoms with Crippen LogP contribution in [0.2, 0.25) is 0 Å². The Morgan fingerprint density at radius 2 is 1.62 bits per heavy atom. The Hall–Kier alpha value is -0.870. The Morgan fingerprint density at radius 3 is 2.17 bits per heavy atom. The van der Waals surface area contributed by atoms with Gasteiger partial charge in [-0.15, -0.1) is 0 Å². The number of nitrogens with zero attached hydrogens (tertiary/aromatic N) is 1. The van der Waals surface area contributed by atoms with Crippen LogP contribution >= 0.6 is 22.6 Å². The predicted octanol–water partition coefficient (Wildman–Crippen LogP) is 6.90. The summed E-state index contributed by atoms with van der Waals surface area (Å²) in [6, 6.07) is 9.46. The molecule has 1 aromatic rings. The molecular weight excluding hydrogens is 405 g/mol. The summed E-state index contributed by atoms with van der Waals surface area (Å²) >= 11 is 2.38. The Morgan fingerprint density at radius 1 is 1.04 bits per heavy atom. The second-order valence-corrected chi connectivity index (χ2v) is 7.16. The van der Waals surface area contributed by atoms with Crippen LogP contribution in [0.25, 0.3) is 0 Å². The lowest BCUT2D eigenvalue weighted by Crippen LogP contribution is -2.04. The van der Waals surface area contributed by atoms with Crippen LogP contribution in [0.4, 0.5) is 0 Å². The van der Waals surface area contributed by atoms with Crippen molar-refractivity contribution < 1.29 is 0 Å². The van der Waals surface area contributed by atoms with Crippen molar-refractivity contribution in [2.24, 2.45) is 0 Å². The molecule has 1 saturated heterocycles. The molecule has 1 heterocycles. The van der Waals surface area contributed by atoms with Crippen molar-refractivity contribution in [3.63, 3.8) is 0 Å². The number of hydrogen-bond acceptors (Lipinski definition) is 1. The molecule has 2 aliphatic rings. The first-order valence-electron chi connectivity index (χ1n) is 8.54. The van der Waals surface area contributed by atoms with E-state index in [9.17, 15) is 0 Å². The highest BCUT2D eigenvalue weighted by Crippen LogP contribution is 2.25. The van der Waals surface area contributed by atoms with E-state index in [4.69, 9.17) is 0 Å². The lowest BCUT2D eigenvalue weighted by molar-refractivity contribution is 0.444. The Bertz CT molecular complexity index is 536. The van der Waals surface area contributed by atoms with Crippen LogP contribution in [-0.2, 0) is 0 Å². The van der Waals surface area contributed by atoms with Crippen molar-refractivity contribution in [1.29, 1.82) is 0 Å². The number of aryl methyl sites for hydroxylation is 1. The second-order valence-electron chi connectivity index (χ2n) is 5.72. The van der Waals surface area contributed by atoms with Crippen molar-refractivity contribution in [1.82, 2.24) is 4.90 Å². The number of allylic oxidation sites excluding steroid dienone is 6. The third kappa shape index (κ3) is 8.84. The summed E-state index contributed by atoms with van der Waals surface area (Å²) < 4.78 is 0.566. The molecule has 1 aliphatic carbocycles. The van der Waals surface area contributed by atoms with Crippen LogP contribution in [0.15, 0.2) is 60.2 Å². The van der Waals surface area contributed by atoms with Gasteiger partial charge in [-0.1, -0.05) is 110 Å². The van der Waals surface area contributed by atoms with Gasteiger partial charge in [0.05, 0.1) is 0 Å². The Kier molecular flexibility index (Phi) is 12.0. The number of benzene rings is 1. The predicted molar refractivity (Wildman–Crippen MR) is 119 cm³/mol. The van der Waals surface area contributed by atoms with E-state index in [1.54, 1.807) is 0 Å². The molecule has 1 fully saturated rings. The van der Waals surface area contributed by atoms with Gasteiger partial charge in [0, 0.05) is 23.1 Å². The molecule has 0 spiro atoms. The monoisotopic (exact) mass is 439 g/mol. The SMILES string of the molecule is C.CC.CC1=CC=CC(I)C=C1.Cc1ccc(C(C)N2CC2)cc1. The zero-order chi connectivity index (χ0) is 17.2. The zero-order valence-corrected chi connectivity index (χ0v) is 17.2. The maximum atomic E-state index is 2.46. The van der Waals surface area contributed by atoms with E-state index < -0.39 is 0 Å². The number of rotatable bonds is 2. The van der Waals surface area contributed by atoms with E-state index >= 15 is 0 Å². The van der Waals surface area contributed by atoms with Crippen LogP contribution in [0.1, 0.15) is 52.3 Å². The van der Waals surface area contributed by atoms with Crippen LogP contribution in [0, 0.1) is 6.92 Å². The van der Waals surface area contributed by atoms with Gasteiger partial charge in [0.1, 0.15) is 0 Å².